The van der Waals surface area contributed by atoms with Crippen LogP contribution in [0.15, 0.2) is 47.1 Å². The number of hydrogen-bond donors (Lipinski definition) is 0. The summed E-state index contributed by atoms with van der Waals surface area (Å²) in [5, 5.41) is 0. The third-order valence-electron chi connectivity index (χ3n) is 3.50. The lowest BCUT2D eigenvalue weighted by molar-refractivity contribution is -0.129. The van der Waals surface area contributed by atoms with E-state index in [1.807, 2.05) is 0 Å². The number of methoxy groups -OCH3 is 2. The zero-order valence-electron chi connectivity index (χ0n) is 13.4. The molecule has 0 spiro atoms. The van der Waals surface area contributed by atoms with Crippen molar-refractivity contribution in [3.8, 4) is 11.5 Å². The lowest BCUT2D eigenvalue weighted by Crippen LogP contribution is -2.06. The van der Waals surface area contributed by atoms with E-state index < -0.39 is 17.6 Å². The molecule has 0 bridgehead atoms. The average Bonchev–Trinajstić information content (AvgIpc) is 2.98. The molecule has 0 aliphatic carbocycles. The Balaban J connectivity index is 1.94. The molecule has 0 saturated carbocycles. The van der Waals surface area contributed by atoms with Crippen molar-refractivity contribution in [3.05, 3.63) is 64.9 Å². The molecule has 1 aliphatic heterocycles. The van der Waals surface area contributed by atoms with Crippen molar-refractivity contribution in [1.29, 1.82) is 0 Å². The summed E-state index contributed by atoms with van der Waals surface area (Å²) < 4.78 is 41.7. The fraction of sp³-hybridized carbons (Fsp3) is 0.111. The van der Waals surface area contributed by atoms with Crippen molar-refractivity contribution < 1.29 is 27.8 Å². The highest BCUT2D eigenvalue weighted by atomic mass is 19.2. The van der Waals surface area contributed by atoms with Crippen molar-refractivity contribution >= 4 is 17.9 Å². The number of esters is 1. The summed E-state index contributed by atoms with van der Waals surface area (Å²) >= 11 is 0. The molecule has 2 aromatic carbocycles. The van der Waals surface area contributed by atoms with Crippen molar-refractivity contribution in [2.45, 2.75) is 0 Å². The topological polar surface area (TPSA) is 57.1 Å². The number of benzene rings is 2. The standard InChI is InChI=1S/C18H13F2NO4/c1-23-15-6-4-11(9-16(15)24-2)17-21-14(18(22)25-17)8-10-3-5-12(19)13(20)7-10/h3-9H,1-2H3. The molecule has 0 amide bonds. The molecular weight excluding hydrogens is 332 g/mol. The zero-order valence-corrected chi connectivity index (χ0v) is 13.4. The third kappa shape index (κ3) is 3.35. The molecule has 0 aromatic heterocycles. The molecule has 7 heteroatoms. The van der Waals surface area contributed by atoms with Crippen molar-refractivity contribution in [3.63, 3.8) is 0 Å². The maximum absolute atomic E-state index is 13.3. The van der Waals surface area contributed by atoms with Crippen LogP contribution in [0, 0.1) is 11.6 Å². The first-order valence-corrected chi connectivity index (χ1v) is 7.22. The van der Waals surface area contributed by atoms with Crippen LogP contribution in [0.3, 0.4) is 0 Å². The summed E-state index contributed by atoms with van der Waals surface area (Å²) in [7, 11) is 2.99. The summed E-state index contributed by atoms with van der Waals surface area (Å²) in [5.41, 5.74) is 0.790. The van der Waals surface area contributed by atoms with E-state index in [0.29, 0.717) is 22.6 Å². The normalized spacial score (nSPS) is 15.1. The molecule has 0 unspecified atom stereocenters. The fourth-order valence-corrected chi connectivity index (χ4v) is 2.26. The van der Waals surface area contributed by atoms with Crippen molar-refractivity contribution in [2.24, 2.45) is 4.99 Å². The molecule has 3 rings (SSSR count). The van der Waals surface area contributed by atoms with Gasteiger partial charge in [0.25, 0.3) is 0 Å². The van der Waals surface area contributed by atoms with E-state index in [2.05, 4.69) is 4.99 Å². The van der Waals surface area contributed by atoms with Gasteiger partial charge < -0.3 is 14.2 Å². The Kier molecular flexibility index (Phi) is 4.47. The van der Waals surface area contributed by atoms with Gasteiger partial charge in [0.05, 0.1) is 14.2 Å². The molecular formula is C18H13F2NO4. The lowest BCUT2D eigenvalue weighted by Gasteiger charge is -2.08. The van der Waals surface area contributed by atoms with Gasteiger partial charge in [-0.1, -0.05) is 6.07 Å². The van der Waals surface area contributed by atoms with E-state index >= 15 is 0 Å². The minimum Gasteiger partial charge on any atom is -0.493 e. The first-order chi connectivity index (χ1) is 12.0. The Morgan fingerprint density at radius 2 is 1.76 bits per heavy atom. The second kappa shape index (κ2) is 6.72. The number of ether oxygens (including phenoxy) is 3. The maximum Gasteiger partial charge on any atom is 0.363 e. The van der Waals surface area contributed by atoms with E-state index in [1.54, 1.807) is 18.2 Å². The minimum atomic E-state index is -1.01. The van der Waals surface area contributed by atoms with Gasteiger partial charge in [0, 0.05) is 5.56 Å². The number of hydrogen-bond acceptors (Lipinski definition) is 5. The highest BCUT2D eigenvalue weighted by Gasteiger charge is 2.25. The van der Waals surface area contributed by atoms with Gasteiger partial charge in [-0.25, -0.2) is 18.6 Å². The monoisotopic (exact) mass is 345 g/mol. The van der Waals surface area contributed by atoms with Crippen LogP contribution in [0.4, 0.5) is 8.78 Å². The SMILES string of the molecule is COc1ccc(C2=NC(=Cc3ccc(F)c(F)c3)C(=O)O2)cc1OC. The van der Waals surface area contributed by atoms with Crippen LogP contribution >= 0.6 is 0 Å². The second-order valence-corrected chi connectivity index (χ2v) is 5.08. The summed E-state index contributed by atoms with van der Waals surface area (Å²) in [6.07, 6.45) is 1.32. The van der Waals surface area contributed by atoms with E-state index in [4.69, 9.17) is 14.2 Å². The number of nitrogens with zero attached hydrogens (tertiary/aromatic N) is 1. The Hall–Kier alpha value is -3.22. The molecule has 128 valence electrons. The number of carbonyl (C=O) groups is 1. The van der Waals surface area contributed by atoms with Crippen LogP contribution in [0.5, 0.6) is 11.5 Å². The van der Waals surface area contributed by atoms with Gasteiger partial charge in [0.2, 0.25) is 5.90 Å². The van der Waals surface area contributed by atoms with E-state index in [0.717, 1.165) is 12.1 Å². The minimum absolute atomic E-state index is 0.0178. The summed E-state index contributed by atoms with van der Waals surface area (Å²) in [6.45, 7) is 0. The summed E-state index contributed by atoms with van der Waals surface area (Å²) in [6, 6.07) is 8.21. The van der Waals surface area contributed by atoms with Gasteiger partial charge in [-0.15, -0.1) is 0 Å². The lowest BCUT2D eigenvalue weighted by atomic mass is 10.2. The van der Waals surface area contributed by atoms with Gasteiger partial charge in [0.1, 0.15) is 0 Å². The Labute approximate surface area is 142 Å². The van der Waals surface area contributed by atoms with Crippen LogP contribution in [0.25, 0.3) is 6.08 Å². The number of rotatable bonds is 4. The molecule has 0 saturated heterocycles. The van der Waals surface area contributed by atoms with Crippen LogP contribution in [0.2, 0.25) is 0 Å². The number of carbonyl (C=O) groups excluding carboxylic acids is 1. The predicted octanol–water partition coefficient (Wildman–Crippen LogP) is 3.33. The first-order valence-electron chi connectivity index (χ1n) is 7.22. The molecule has 0 N–H and O–H groups in total. The first kappa shape index (κ1) is 16.6. The quantitative estimate of drug-likeness (QED) is 0.630. The third-order valence-corrected chi connectivity index (χ3v) is 3.50. The van der Waals surface area contributed by atoms with Gasteiger partial charge in [0.15, 0.2) is 28.8 Å². The zero-order chi connectivity index (χ0) is 18.0. The van der Waals surface area contributed by atoms with E-state index in [-0.39, 0.29) is 11.6 Å². The summed E-state index contributed by atoms with van der Waals surface area (Å²) in [4.78, 5) is 16.1. The number of aliphatic imine (C=N–C) groups is 1. The van der Waals surface area contributed by atoms with Gasteiger partial charge >= 0.3 is 5.97 Å². The molecule has 0 radical (unpaired) electrons. The largest absolute Gasteiger partial charge is 0.493 e. The average molecular weight is 345 g/mol. The predicted molar refractivity (Wildman–Crippen MR) is 86.5 cm³/mol. The van der Waals surface area contributed by atoms with E-state index in [9.17, 15) is 13.6 Å². The Bertz CT molecular complexity index is 906. The number of halogens is 2. The van der Waals surface area contributed by atoms with Crippen LogP contribution < -0.4 is 9.47 Å². The maximum atomic E-state index is 13.3. The van der Waals surface area contributed by atoms with Gasteiger partial charge in [-0.2, -0.15) is 0 Å². The van der Waals surface area contributed by atoms with Crippen LogP contribution in [-0.4, -0.2) is 26.1 Å². The molecule has 1 heterocycles. The Morgan fingerprint density at radius 3 is 2.44 bits per heavy atom. The summed E-state index contributed by atoms with van der Waals surface area (Å²) in [5.74, 6) is -1.60. The molecule has 25 heavy (non-hydrogen) atoms. The molecule has 1 aliphatic rings. The second-order valence-electron chi connectivity index (χ2n) is 5.08. The Morgan fingerprint density at radius 1 is 1.00 bits per heavy atom. The fourth-order valence-electron chi connectivity index (χ4n) is 2.26. The van der Waals surface area contributed by atoms with Gasteiger partial charge in [-0.05, 0) is 42.0 Å². The van der Waals surface area contributed by atoms with Gasteiger partial charge in [-0.3, -0.25) is 0 Å². The smallest absolute Gasteiger partial charge is 0.363 e. The highest BCUT2D eigenvalue weighted by Crippen LogP contribution is 2.29. The van der Waals surface area contributed by atoms with Crippen molar-refractivity contribution in [1.82, 2.24) is 0 Å². The number of cyclic esters (lactones) is 1. The van der Waals surface area contributed by atoms with Crippen LogP contribution in [0.1, 0.15) is 11.1 Å². The highest BCUT2D eigenvalue weighted by molar-refractivity contribution is 6.13. The molecule has 5 nitrogen and oxygen atoms in total. The van der Waals surface area contributed by atoms with Crippen molar-refractivity contribution in [2.75, 3.05) is 14.2 Å². The molecule has 0 fully saturated rings. The van der Waals surface area contributed by atoms with E-state index in [1.165, 1.54) is 26.4 Å². The molecule has 2 aromatic rings. The van der Waals surface area contributed by atoms with Crippen LogP contribution in [-0.2, 0) is 9.53 Å². The molecule has 0 atom stereocenters.